The van der Waals surface area contributed by atoms with Gasteiger partial charge in [-0.25, -0.2) is 4.98 Å². The van der Waals surface area contributed by atoms with Crippen LogP contribution in [-0.2, 0) is 6.54 Å². The van der Waals surface area contributed by atoms with E-state index in [4.69, 9.17) is 11.6 Å². The minimum Gasteiger partial charge on any atom is -0.356 e. The van der Waals surface area contributed by atoms with Gasteiger partial charge in [-0.1, -0.05) is 11.6 Å². The normalized spacial score (nSPS) is 17.1. The zero-order valence-electron chi connectivity index (χ0n) is 15.1. The number of likely N-dealkylation sites (N-methyl/N-ethyl adjacent to an activating group) is 1. The van der Waals surface area contributed by atoms with Crippen LogP contribution in [0.25, 0.3) is 0 Å². The summed E-state index contributed by atoms with van der Waals surface area (Å²) in [6.45, 7) is 1.87. The number of carbonyl (C=O) groups excluding carboxylic acids is 1. The molecule has 0 radical (unpaired) electrons. The summed E-state index contributed by atoms with van der Waals surface area (Å²) in [6.07, 6.45) is 2.48. The van der Waals surface area contributed by atoms with Crippen LogP contribution >= 0.6 is 11.6 Å². The Bertz CT molecular complexity index is 846. The molecule has 3 heterocycles. The highest BCUT2D eigenvalue weighted by Gasteiger charge is 2.30. The van der Waals surface area contributed by atoms with Crippen LogP contribution in [0.4, 0.5) is 5.95 Å². The van der Waals surface area contributed by atoms with Crippen LogP contribution in [0.5, 0.6) is 0 Å². The summed E-state index contributed by atoms with van der Waals surface area (Å²) >= 11 is 5.88. The number of aromatic nitrogens is 3. The summed E-state index contributed by atoms with van der Waals surface area (Å²) in [4.78, 5) is 40.1. The van der Waals surface area contributed by atoms with Crippen molar-refractivity contribution >= 4 is 23.5 Å². The second-order valence-electron chi connectivity index (χ2n) is 6.80. The smallest absolute Gasteiger partial charge is 0.270 e. The van der Waals surface area contributed by atoms with Gasteiger partial charge in [-0.05, 0) is 19.5 Å². The molecule has 1 unspecified atom stereocenters. The molecule has 0 aromatic carbocycles. The van der Waals surface area contributed by atoms with Gasteiger partial charge < -0.3 is 14.8 Å². The lowest BCUT2D eigenvalue weighted by molar-refractivity contribution is 0.0774. The molecular formula is C17H23ClN6O2. The monoisotopic (exact) mass is 378 g/mol. The minimum atomic E-state index is -0.168. The van der Waals surface area contributed by atoms with E-state index < -0.39 is 0 Å². The second kappa shape index (κ2) is 7.51. The number of nitrogens with zero attached hydrogens (tertiary/aromatic N) is 4. The van der Waals surface area contributed by atoms with Gasteiger partial charge in [0.2, 0.25) is 5.95 Å². The molecule has 2 aromatic rings. The summed E-state index contributed by atoms with van der Waals surface area (Å²) in [7, 11) is 5.65. The van der Waals surface area contributed by atoms with E-state index in [1.807, 2.05) is 26.0 Å². The summed E-state index contributed by atoms with van der Waals surface area (Å²) < 4.78 is 0. The number of hydrogen-bond donors (Lipinski definition) is 2. The molecule has 2 N–H and O–H groups in total. The first kappa shape index (κ1) is 18.5. The largest absolute Gasteiger partial charge is 0.356 e. The topological polar surface area (TPSA) is 88.3 Å². The quantitative estimate of drug-likeness (QED) is 0.815. The number of rotatable bonds is 5. The standard InChI is InChI=1S/C17H23ClN6O2/c1-22(2)17-20-12(7-15(25)21-17)9-23(3)13-4-5-24(10-13)16(26)14-6-11(18)8-19-14/h6-8,13,19H,4-5,9-10H2,1-3H3,(H,20,21,25). The Hall–Kier alpha value is -2.32. The van der Waals surface area contributed by atoms with Crippen molar-refractivity contribution in [2.24, 2.45) is 0 Å². The average Bonchev–Trinajstić information content (AvgIpc) is 3.22. The van der Waals surface area contributed by atoms with Gasteiger partial charge in [0.25, 0.3) is 11.5 Å². The number of carbonyl (C=O) groups is 1. The predicted octanol–water partition coefficient (Wildman–Crippen LogP) is 1.16. The molecule has 1 saturated heterocycles. The molecule has 2 aromatic heterocycles. The van der Waals surface area contributed by atoms with Crippen molar-refractivity contribution in [3.05, 3.63) is 45.1 Å². The van der Waals surface area contributed by atoms with Crippen LogP contribution in [0.15, 0.2) is 23.1 Å². The Labute approximate surface area is 156 Å². The molecule has 0 aliphatic carbocycles. The molecule has 0 spiro atoms. The average molecular weight is 379 g/mol. The van der Waals surface area contributed by atoms with Gasteiger partial charge >= 0.3 is 0 Å². The zero-order valence-corrected chi connectivity index (χ0v) is 15.9. The van der Waals surface area contributed by atoms with E-state index in [-0.39, 0.29) is 17.5 Å². The van der Waals surface area contributed by atoms with Gasteiger partial charge in [-0.2, -0.15) is 0 Å². The SMILES string of the molecule is CN(C)c1nc(CN(C)C2CCN(C(=O)c3cc(Cl)c[nH]3)C2)cc(=O)[nH]1. The number of aromatic amines is 2. The lowest BCUT2D eigenvalue weighted by Gasteiger charge is -2.24. The van der Waals surface area contributed by atoms with E-state index in [2.05, 4.69) is 19.9 Å². The van der Waals surface area contributed by atoms with Crippen molar-refractivity contribution in [2.75, 3.05) is 39.1 Å². The van der Waals surface area contributed by atoms with Crippen molar-refractivity contribution in [1.29, 1.82) is 0 Å². The third-order valence-electron chi connectivity index (χ3n) is 4.57. The van der Waals surface area contributed by atoms with E-state index in [1.54, 1.807) is 17.2 Å². The Morgan fingerprint density at radius 1 is 1.38 bits per heavy atom. The van der Waals surface area contributed by atoms with Gasteiger partial charge in [-0.15, -0.1) is 0 Å². The van der Waals surface area contributed by atoms with Crippen LogP contribution in [0.3, 0.4) is 0 Å². The fourth-order valence-corrected chi connectivity index (χ4v) is 3.28. The number of likely N-dealkylation sites (tertiary alicyclic amines) is 1. The van der Waals surface area contributed by atoms with E-state index in [9.17, 15) is 9.59 Å². The first-order valence-electron chi connectivity index (χ1n) is 8.44. The molecule has 140 valence electrons. The van der Waals surface area contributed by atoms with Crippen LogP contribution in [0, 0.1) is 0 Å². The lowest BCUT2D eigenvalue weighted by Crippen LogP contribution is -2.36. The summed E-state index contributed by atoms with van der Waals surface area (Å²) in [5.74, 6) is 0.490. The fraction of sp³-hybridized carbons (Fsp3) is 0.471. The van der Waals surface area contributed by atoms with Crippen molar-refractivity contribution in [3.63, 3.8) is 0 Å². The Morgan fingerprint density at radius 2 is 2.15 bits per heavy atom. The van der Waals surface area contributed by atoms with Crippen LogP contribution in [0.1, 0.15) is 22.6 Å². The lowest BCUT2D eigenvalue weighted by atomic mass is 10.2. The summed E-state index contributed by atoms with van der Waals surface area (Å²) in [5.41, 5.74) is 1.05. The highest BCUT2D eigenvalue weighted by Crippen LogP contribution is 2.19. The molecule has 1 aliphatic heterocycles. The minimum absolute atomic E-state index is 0.0445. The molecule has 0 bridgehead atoms. The van der Waals surface area contributed by atoms with Crippen LogP contribution < -0.4 is 10.5 Å². The number of anilines is 1. The number of H-pyrrole nitrogens is 2. The Morgan fingerprint density at radius 3 is 2.81 bits per heavy atom. The first-order chi connectivity index (χ1) is 12.3. The van der Waals surface area contributed by atoms with Gasteiger partial charge in [0.1, 0.15) is 5.69 Å². The van der Waals surface area contributed by atoms with Gasteiger partial charge in [0.05, 0.1) is 10.7 Å². The molecule has 1 atom stereocenters. The molecular weight excluding hydrogens is 356 g/mol. The van der Waals surface area contributed by atoms with Gasteiger partial charge in [-0.3, -0.25) is 19.5 Å². The van der Waals surface area contributed by atoms with E-state index >= 15 is 0 Å². The molecule has 1 aliphatic rings. The molecule has 26 heavy (non-hydrogen) atoms. The van der Waals surface area contributed by atoms with Crippen LogP contribution in [0.2, 0.25) is 5.02 Å². The maximum absolute atomic E-state index is 12.5. The molecule has 0 saturated carbocycles. The first-order valence-corrected chi connectivity index (χ1v) is 8.82. The molecule has 9 heteroatoms. The molecule has 1 amide bonds. The van der Waals surface area contributed by atoms with Gasteiger partial charge in [0, 0.05) is 52.0 Å². The Kier molecular flexibility index (Phi) is 5.33. The van der Waals surface area contributed by atoms with Crippen molar-refractivity contribution in [3.8, 4) is 0 Å². The van der Waals surface area contributed by atoms with E-state index in [1.165, 1.54) is 6.07 Å². The van der Waals surface area contributed by atoms with E-state index in [0.29, 0.717) is 42.0 Å². The van der Waals surface area contributed by atoms with Crippen molar-refractivity contribution in [1.82, 2.24) is 24.8 Å². The fourth-order valence-electron chi connectivity index (χ4n) is 3.12. The molecule has 8 nitrogen and oxygen atoms in total. The number of halogens is 1. The molecule has 3 rings (SSSR count). The summed E-state index contributed by atoms with van der Waals surface area (Å²) in [6, 6.07) is 3.37. The maximum atomic E-state index is 12.5. The van der Waals surface area contributed by atoms with E-state index in [0.717, 1.165) is 6.42 Å². The van der Waals surface area contributed by atoms with Crippen molar-refractivity contribution < 1.29 is 4.79 Å². The second-order valence-corrected chi connectivity index (χ2v) is 7.23. The highest BCUT2D eigenvalue weighted by atomic mass is 35.5. The number of hydrogen-bond acceptors (Lipinski definition) is 5. The molecule has 1 fully saturated rings. The third kappa shape index (κ3) is 4.08. The predicted molar refractivity (Wildman–Crippen MR) is 101 cm³/mol. The maximum Gasteiger partial charge on any atom is 0.270 e. The highest BCUT2D eigenvalue weighted by molar-refractivity contribution is 6.30. The van der Waals surface area contributed by atoms with Crippen molar-refractivity contribution in [2.45, 2.75) is 19.0 Å². The van der Waals surface area contributed by atoms with Gasteiger partial charge in [0.15, 0.2) is 0 Å². The summed E-state index contributed by atoms with van der Waals surface area (Å²) in [5, 5.41) is 0.526. The zero-order chi connectivity index (χ0) is 18.8. The van der Waals surface area contributed by atoms with Crippen LogP contribution in [-0.4, -0.2) is 70.9 Å². The number of amides is 1. The number of nitrogens with one attached hydrogen (secondary N) is 2. The Balaban J connectivity index is 1.64. The third-order valence-corrected chi connectivity index (χ3v) is 4.79.